The Morgan fingerprint density at radius 1 is 1.07 bits per heavy atom. The fraction of sp³-hybridized carbons (Fsp3) is 0.560. The van der Waals surface area contributed by atoms with Gasteiger partial charge in [-0.1, -0.05) is 67.5 Å². The van der Waals surface area contributed by atoms with E-state index >= 15 is 0 Å². The maximum absolute atomic E-state index is 10.9. The minimum Gasteiger partial charge on any atom is -0.356 e. The van der Waals surface area contributed by atoms with Crippen LogP contribution in [-0.2, 0) is 11.2 Å². The fourth-order valence-corrected chi connectivity index (χ4v) is 3.34. The van der Waals surface area contributed by atoms with E-state index in [2.05, 4.69) is 53.9 Å². The number of nitrogens with one attached hydrogen (secondary N) is 1. The van der Waals surface area contributed by atoms with Crippen molar-refractivity contribution in [2.24, 2.45) is 5.92 Å². The van der Waals surface area contributed by atoms with Crippen LogP contribution in [0.2, 0.25) is 0 Å². The first-order chi connectivity index (χ1) is 13.3. The molecule has 1 saturated carbocycles. The number of aryl methyl sites for hydroxylation is 1. The predicted molar refractivity (Wildman–Crippen MR) is 118 cm³/mol. The lowest BCUT2D eigenvalue weighted by Crippen LogP contribution is -2.21. The maximum atomic E-state index is 10.9. The van der Waals surface area contributed by atoms with E-state index in [0.717, 1.165) is 25.3 Å². The number of rotatable bonds is 10. The molecular weight excluding hydrogens is 330 g/mol. The molecule has 2 rings (SSSR count). The van der Waals surface area contributed by atoms with Crippen LogP contribution in [-0.4, -0.2) is 12.5 Å². The summed E-state index contributed by atoms with van der Waals surface area (Å²) in [6.45, 7) is 4.67. The Balaban J connectivity index is 0.000000293. The summed E-state index contributed by atoms with van der Waals surface area (Å²) in [5.74, 6) is 1.06. The zero-order valence-corrected chi connectivity index (χ0v) is 17.5. The first-order valence-corrected chi connectivity index (χ1v) is 10.8. The number of hydrogen-bond donors (Lipinski definition) is 1. The summed E-state index contributed by atoms with van der Waals surface area (Å²) in [5.41, 5.74) is 1.47. The summed E-state index contributed by atoms with van der Waals surface area (Å²) in [6.07, 6.45) is 21.0. The molecule has 0 atom stereocenters. The molecule has 1 amide bonds. The SMILES string of the molecule is C(=C\C1CCCC1)/CCCc1ccccc1.C/C=C\CCCC(=O)NCC. The smallest absolute Gasteiger partial charge is 0.219 e. The fourth-order valence-electron chi connectivity index (χ4n) is 3.34. The number of hydrogen-bond acceptors (Lipinski definition) is 1. The third-order valence-corrected chi connectivity index (χ3v) is 4.87. The molecule has 1 N–H and O–H groups in total. The van der Waals surface area contributed by atoms with Gasteiger partial charge in [-0.05, 0) is 70.3 Å². The second kappa shape index (κ2) is 16.4. The molecule has 2 nitrogen and oxygen atoms in total. The minimum absolute atomic E-state index is 0.164. The van der Waals surface area contributed by atoms with E-state index in [1.165, 1.54) is 50.5 Å². The molecule has 0 saturated heterocycles. The molecule has 0 aliphatic heterocycles. The van der Waals surface area contributed by atoms with E-state index in [1.54, 1.807) is 0 Å². The number of carbonyl (C=O) groups is 1. The number of amides is 1. The van der Waals surface area contributed by atoms with Gasteiger partial charge in [0, 0.05) is 13.0 Å². The summed E-state index contributed by atoms with van der Waals surface area (Å²) in [7, 11) is 0. The third-order valence-electron chi connectivity index (χ3n) is 4.87. The molecule has 27 heavy (non-hydrogen) atoms. The Morgan fingerprint density at radius 3 is 2.44 bits per heavy atom. The van der Waals surface area contributed by atoms with Crippen LogP contribution in [0.15, 0.2) is 54.6 Å². The van der Waals surface area contributed by atoms with Crippen molar-refractivity contribution in [1.29, 1.82) is 0 Å². The number of allylic oxidation sites excluding steroid dienone is 4. The van der Waals surface area contributed by atoms with Crippen molar-refractivity contribution in [3.05, 3.63) is 60.2 Å². The first kappa shape index (κ1) is 23.2. The van der Waals surface area contributed by atoms with Crippen LogP contribution < -0.4 is 5.32 Å². The average molecular weight is 370 g/mol. The van der Waals surface area contributed by atoms with E-state index in [9.17, 15) is 4.79 Å². The molecular formula is C25H39NO. The lowest BCUT2D eigenvalue weighted by molar-refractivity contribution is -0.121. The molecule has 0 spiro atoms. The molecule has 0 radical (unpaired) electrons. The molecule has 1 fully saturated rings. The van der Waals surface area contributed by atoms with Crippen molar-refractivity contribution in [3.63, 3.8) is 0 Å². The topological polar surface area (TPSA) is 29.1 Å². The highest BCUT2D eigenvalue weighted by Gasteiger charge is 2.10. The third kappa shape index (κ3) is 13.1. The van der Waals surface area contributed by atoms with E-state index in [-0.39, 0.29) is 5.91 Å². The van der Waals surface area contributed by atoms with Crippen LogP contribution in [0.25, 0.3) is 0 Å². The molecule has 1 aromatic rings. The van der Waals surface area contributed by atoms with Crippen molar-refractivity contribution in [1.82, 2.24) is 5.32 Å². The van der Waals surface area contributed by atoms with E-state index in [1.807, 2.05) is 19.9 Å². The molecule has 0 unspecified atom stereocenters. The van der Waals surface area contributed by atoms with Gasteiger partial charge < -0.3 is 5.32 Å². The highest BCUT2D eigenvalue weighted by atomic mass is 16.1. The van der Waals surface area contributed by atoms with Crippen LogP contribution in [0.3, 0.4) is 0 Å². The van der Waals surface area contributed by atoms with Crippen molar-refractivity contribution in [3.8, 4) is 0 Å². The molecule has 1 aliphatic carbocycles. The van der Waals surface area contributed by atoms with E-state index < -0.39 is 0 Å². The maximum Gasteiger partial charge on any atom is 0.219 e. The summed E-state index contributed by atoms with van der Waals surface area (Å²) in [5, 5.41) is 2.76. The monoisotopic (exact) mass is 369 g/mol. The van der Waals surface area contributed by atoms with Crippen LogP contribution in [0.5, 0.6) is 0 Å². The lowest BCUT2D eigenvalue weighted by Gasteiger charge is -2.01. The zero-order valence-electron chi connectivity index (χ0n) is 17.5. The van der Waals surface area contributed by atoms with Crippen molar-refractivity contribution < 1.29 is 4.79 Å². The van der Waals surface area contributed by atoms with E-state index in [0.29, 0.717) is 6.42 Å². The van der Waals surface area contributed by atoms with Crippen molar-refractivity contribution >= 4 is 5.91 Å². The van der Waals surface area contributed by atoms with Crippen LogP contribution in [0, 0.1) is 5.92 Å². The molecule has 150 valence electrons. The normalized spacial score (nSPS) is 14.4. The van der Waals surface area contributed by atoms with Gasteiger partial charge in [0.15, 0.2) is 0 Å². The first-order valence-electron chi connectivity index (χ1n) is 10.8. The van der Waals surface area contributed by atoms with Gasteiger partial charge in [0.05, 0.1) is 0 Å². The average Bonchev–Trinajstić information content (AvgIpc) is 3.20. The van der Waals surface area contributed by atoms with Gasteiger partial charge in [0.25, 0.3) is 0 Å². The second-order valence-corrected chi connectivity index (χ2v) is 7.27. The van der Waals surface area contributed by atoms with Crippen molar-refractivity contribution in [2.75, 3.05) is 6.54 Å². The van der Waals surface area contributed by atoms with Gasteiger partial charge in [-0.2, -0.15) is 0 Å². The molecule has 1 aliphatic rings. The zero-order chi connectivity index (χ0) is 19.6. The summed E-state index contributed by atoms with van der Waals surface area (Å²) < 4.78 is 0. The molecule has 2 heteroatoms. The van der Waals surface area contributed by atoms with Crippen molar-refractivity contribution in [2.45, 2.75) is 78.1 Å². The highest BCUT2D eigenvalue weighted by molar-refractivity contribution is 5.75. The lowest BCUT2D eigenvalue weighted by atomic mass is 10.1. The quantitative estimate of drug-likeness (QED) is 0.364. The van der Waals surface area contributed by atoms with Gasteiger partial charge in [-0.15, -0.1) is 0 Å². The Kier molecular flexibility index (Phi) is 14.1. The standard InChI is InChI=1S/C16H22.C9H17NO/c1-3-9-15(10-4-1)11-5-2-6-12-16-13-7-8-14-16;1-3-5-6-7-8-9(11)10-4-2/h1,3-4,6,9-10,12,16H,2,5,7-8,11,13-14H2;3,5H,4,6-8H2,1-2H3,(H,10,11)/b12-6+;5-3-. The number of benzene rings is 1. The molecule has 0 aromatic heterocycles. The minimum atomic E-state index is 0.164. The van der Waals surface area contributed by atoms with Gasteiger partial charge in [0.2, 0.25) is 5.91 Å². The Labute approximate surface area is 167 Å². The molecule has 0 bridgehead atoms. The highest BCUT2D eigenvalue weighted by Crippen LogP contribution is 2.25. The van der Waals surface area contributed by atoms with Crippen LogP contribution in [0.4, 0.5) is 0 Å². The summed E-state index contributed by atoms with van der Waals surface area (Å²) in [4.78, 5) is 10.9. The van der Waals surface area contributed by atoms with Crippen LogP contribution in [0.1, 0.15) is 77.2 Å². The Hall–Kier alpha value is -1.83. The number of carbonyl (C=O) groups excluding carboxylic acids is 1. The summed E-state index contributed by atoms with van der Waals surface area (Å²) >= 11 is 0. The Morgan fingerprint density at radius 2 is 1.78 bits per heavy atom. The van der Waals surface area contributed by atoms with Gasteiger partial charge >= 0.3 is 0 Å². The van der Waals surface area contributed by atoms with Gasteiger partial charge in [-0.3, -0.25) is 4.79 Å². The Bertz CT molecular complexity index is 527. The van der Waals surface area contributed by atoms with Gasteiger partial charge in [-0.25, -0.2) is 0 Å². The predicted octanol–water partition coefficient (Wildman–Crippen LogP) is 6.62. The van der Waals surface area contributed by atoms with Gasteiger partial charge in [0.1, 0.15) is 0 Å². The molecule has 1 aromatic carbocycles. The van der Waals surface area contributed by atoms with E-state index in [4.69, 9.17) is 0 Å². The second-order valence-electron chi connectivity index (χ2n) is 7.27. The van der Waals surface area contributed by atoms with Crippen LogP contribution >= 0.6 is 0 Å². The number of unbranched alkanes of at least 4 members (excludes halogenated alkanes) is 2. The summed E-state index contributed by atoms with van der Waals surface area (Å²) in [6, 6.07) is 10.8. The molecule has 0 heterocycles. The largest absolute Gasteiger partial charge is 0.356 e.